The average molecular weight is 546 g/mol. The molecule has 0 aliphatic carbocycles. The lowest BCUT2D eigenvalue weighted by Crippen LogP contribution is -2.17. The summed E-state index contributed by atoms with van der Waals surface area (Å²) in [5, 5.41) is 15.2. The van der Waals surface area contributed by atoms with Crippen LogP contribution in [0.1, 0.15) is 41.8 Å². The summed E-state index contributed by atoms with van der Waals surface area (Å²) in [6.45, 7) is 4.95. The number of carbonyl (C=O) groups is 1. The Kier molecular flexibility index (Phi) is 10.1. The van der Waals surface area contributed by atoms with Crippen LogP contribution < -0.4 is 19.6 Å². The molecule has 0 saturated carbocycles. The van der Waals surface area contributed by atoms with Crippen LogP contribution in [-0.2, 0) is 6.61 Å². The number of hydrogen-bond acceptors (Lipinski definition) is 7. The first-order chi connectivity index (χ1) is 17.8. The van der Waals surface area contributed by atoms with Gasteiger partial charge in [0.1, 0.15) is 6.61 Å². The van der Waals surface area contributed by atoms with Gasteiger partial charge in [0, 0.05) is 17.7 Å². The maximum Gasteiger partial charge on any atom is 0.271 e. The van der Waals surface area contributed by atoms with Gasteiger partial charge in [0.15, 0.2) is 17.2 Å². The van der Waals surface area contributed by atoms with Crippen LogP contribution in [-0.4, -0.2) is 30.3 Å². The Morgan fingerprint density at radius 1 is 1.00 bits per heavy atom. The molecule has 3 aromatic carbocycles. The highest BCUT2D eigenvalue weighted by molar-refractivity contribution is 6.37. The van der Waals surface area contributed by atoms with Crippen molar-refractivity contribution in [3.8, 4) is 17.2 Å². The van der Waals surface area contributed by atoms with E-state index in [0.29, 0.717) is 41.4 Å². The highest BCUT2D eigenvalue weighted by atomic mass is 35.5. The number of nitrogens with one attached hydrogen (secondary N) is 1. The molecule has 0 aromatic heterocycles. The fourth-order valence-corrected chi connectivity index (χ4v) is 3.75. The molecular weight excluding hydrogens is 521 g/mol. The minimum Gasteiger partial charge on any atom is -0.490 e. The number of nitrogens with zero attached hydrogens (tertiary/aromatic N) is 2. The number of rotatable bonds is 12. The molecule has 0 heterocycles. The van der Waals surface area contributed by atoms with Gasteiger partial charge in [0.05, 0.1) is 34.4 Å². The minimum absolute atomic E-state index is 0.0108. The second kappa shape index (κ2) is 13.5. The molecule has 0 atom stereocenters. The first-order valence-electron chi connectivity index (χ1n) is 11.4. The molecule has 37 heavy (non-hydrogen) atoms. The lowest BCUT2D eigenvalue weighted by molar-refractivity contribution is -0.384. The number of amides is 1. The first-order valence-corrected chi connectivity index (χ1v) is 12.2. The molecule has 3 aromatic rings. The summed E-state index contributed by atoms with van der Waals surface area (Å²) in [5.74, 6) is 0.885. The van der Waals surface area contributed by atoms with Crippen molar-refractivity contribution in [3.05, 3.63) is 91.4 Å². The molecule has 1 N–H and O–H groups in total. The molecule has 0 aliphatic rings. The van der Waals surface area contributed by atoms with E-state index in [9.17, 15) is 14.9 Å². The standard InChI is InChI=1S/C26H25Cl2N3O6/c1-3-11-36-23-10-7-19(14-24(23)35-4-2)26(32)30-29-15-18-12-21(27)25(22(28)13-18)37-16-17-5-8-20(9-6-17)31(33)34/h5-10,12-15H,3-4,11,16H2,1-2H3,(H,30,32)/b29-15+. The molecule has 0 saturated heterocycles. The van der Waals surface area contributed by atoms with Crippen LogP contribution in [0.2, 0.25) is 10.0 Å². The molecule has 9 nitrogen and oxygen atoms in total. The quantitative estimate of drug-likeness (QED) is 0.159. The van der Waals surface area contributed by atoms with Gasteiger partial charge in [0.2, 0.25) is 0 Å². The van der Waals surface area contributed by atoms with Crippen molar-refractivity contribution in [1.29, 1.82) is 0 Å². The number of hydrogen-bond donors (Lipinski definition) is 1. The molecule has 0 bridgehead atoms. The number of nitro benzene ring substituents is 1. The van der Waals surface area contributed by atoms with Crippen molar-refractivity contribution >= 4 is 41.0 Å². The molecule has 0 spiro atoms. The van der Waals surface area contributed by atoms with Crippen molar-refractivity contribution in [2.24, 2.45) is 5.10 Å². The van der Waals surface area contributed by atoms with E-state index in [1.807, 2.05) is 13.8 Å². The van der Waals surface area contributed by atoms with Crippen molar-refractivity contribution in [2.75, 3.05) is 13.2 Å². The Morgan fingerprint density at radius 2 is 1.70 bits per heavy atom. The predicted octanol–water partition coefficient (Wildman–Crippen LogP) is 6.43. The zero-order valence-corrected chi connectivity index (χ0v) is 21.7. The molecular formula is C26H25Cl2N3O6. The van der Waals surface area contributed by atoms with Crippen molar-refractivity contribution in [3.63, 3.8) is 0 Å². The fraction of sp³-hybridized carbons (Fsp3) is 0.231. The highest BCUT2D eigenvalue weighted by Gasteiger charge is 2.13. The van der Waals surface area contributed by atoms with Crippen LogP contribution in [0.5, 0.6) is 17.2 Å². The third kappa shape index (κ3) is 7.83. The summed E-state index contributed by atoms with van der Waals surface area (Å²) >= 11 is 12.7. The second-order valence-electron chi connectivity index (χ2n) is 7.67. The molecule has 0 unspecified atom stereocenters. The maximum atomic E-state index is 12.6. The Labute approximate surface area is 224 Å². The van der Waals surface area contributed by atoms with Crippen molar-refractivity contribution < 1.29 is 23.9 Å². The van der Waals surface area contributed by atoms with E-state index < -0.39 is 10.8 Å². The van der Waals surface area contributed by atoms with Gasteiger partial charge >= 0.3 is 0 Å². The maximum absolute atomic E-state index is 12.6. The zero-order valence-electron chi connectivity index (χ0n) is 20.2. The number of halogens is 2. The molecule has 11 heteroatoms. The van der Waals surface area contributed by atoms with Crippen LogP contribution >= 0.6 is 23.2 Å². The largest absolute Gasteiger partial charge is 0.490 e. The van der Waals surface area contributed by atoms with E-state index >= 15 is 0 Å². The normalized spacial score (nSPS) is 10.8. The predicted molar refractivity (Wildman–Crippen MR) is 142 cm³/mol. The Balaban J connectivity index is 1.63. The van der Waals surface area contributed by atoms with Gasteiger partial charge < -0.3 is 14.2 Å². The Hall–Kier alpha value is -3.82. The summed E-state index contributed by atoms with van der Waals surface area (Å²) in [7, 11) is 0. The Morgan fingerprint density at radius 3 is 2.32 bits per heavy atom. The fourth-order valence-electron chi connectivity index (χ4n) is 3.14. The SMILES string of the molecule is CCCOc1ccc(C(=O)N/N=C/c2cc(Cl)c(OCc3ccc([N+](=O)[O-])cc3)c(Cl)c2)cc1OCC. The summed E-state index contributed by atoms with van der Waals surface area (Å²) < 4.78 is 16.9. The molecule has 194 valence electrons. The summed E-state index contributed by atoms with van der Waals surface area (Å²) in [4.78, 5) is 22.9. The molecule has 1 amide bonds. The second-order valence-corrected chi connectivity index (χ2v) is 8.48. The molecule has 0 fully saturated rings. The van der Waals surface area contributed by atoms with Crippen LogP contribution in [0.25, 0.3) is 0 Å². The van der Waals surface area contributed by atoms with Gasteiger partial charge in [-0.1, -0.05) is 30.1 Å². The smallest absolute Gasteiger partial charge is 0.271 e. The van der Waals surface area contributed by atoms with E-state index in [1.165, 1.54) is 18.3 Å². The molecule has 0 radical (unpaired) electrons. The number of ether oxygens (including phenoxy) is 3. The van der Waals surface area contributed by atoms with Crippen molar-refractivity contribution in [2.45, 2.75) is 26.9 Å². The first kappa shape index (κ1) is 27.8. The zero-order chi connectivity index (χ0) is 26.8. The average Bonchev–Trinajstić information content (AvgIpc) is 2.87. The van der Waals surface area contributed by atoms with Gasteiger partial charge in [-0.3, -0.25) is 14.9 Å². The number of hydrazone groups is 1. The van der Waals surface area contributed by atoms with Crippen LogP contribution in [0.15, 0.2) is 59.7 Å². The molecule has 3 rings (SSSR count). The van der Waals surface area contributed by atoms with Gasteiger partial charge in [-0.2, -0.15) is 5.10 Å². The van der Waals surface area contributed by atoms with Gasteiger partial charge in [-0.05, 0) is 66.9 Å². The number of non-ortho nitro benzene ring substituents is 1. The topological polar surface area (TPSA) is 112 Å². The third-order valence-electron chi connectivity index (χ3n) is 4.90. The minimum atomic E-state index is -0.474. The van der Waals surface area contributed by atoms with E-state index in [4.69, 9.17) is 37.4 Å². The Bertz CT molecular complexity index is 1260. The summed E-state index contributed by atoms with van der Waals surface area (Å²) in [6, 6.07) is 14.0. The number of carbonyl (C=O) groups excluding carboxylic acids is 1. The van der Waals surface area contributed by atoms with Crippen LogP contribution in [0, 0.1) is 10.1 Å². The van der Waals surface area contributed by atoms with E-state index in [2.05, 4.69) is 10.5 Å². The van der Waals surface area contributed by atoms with E-state index in [1.54, 1.807) is 42.5 Å². The lowest BCUT2D eigenvalue weighted by atomic mass is 10.2. The third-order valence-corrected chi connectivity index (χ3v) is 5.46. The molecule has 0 aliphatic heterocycles. The van der Waals surface area contributed by atoms with Crippen LogP contribution in [0.3, 0.4) is 0 Å². The summed E-state index contributed by atoms with van der Waals surface area (Å²) in [6.07, 6.45) is 2.25. The number of nitro groups is 1. The van der Waals surface area contributed by atoms with Crippen molar-refractivity contribution in [1.82, 2.24) is 5.43 Å². The number of benzene rings is 3. The van der Waals surface area contributed by atoms with Crippen LogP contribution in [0.4, 0.5) is 5.69 Å². The van der Waals surface area contributed by atoms with Gasteiger partial charge in [-0.15, -0.1) is 0 Å². The summed E-state index contributed by atoms with van der Waals surface area (Å²) in [5.41, 5.74) is 4.06. The van der Waals surface area contributed by atoms with Gasteiger partial charge in [0.25, 0.3) is 11.6 Å². The van der Waals surface area contributed by atoms with Gasteiger partial charge in [-0.25, -0.2) is 5.43 Å². The van der Waals surface area contributed by atoms with E-state index in [-0.39, 0.29) is 28.1 Å². The monoisotopic (exact) mass is 545 g/mol. The highest BCUT2D eigenvalue weighted by Crippen LogP contribution is 2.34. The van der Waals surface area contributed by atoms with E-state index in [0.717, 1.165) is 6.42 Å². The lowest BCUT2D eigenvalue weighted by Gasteiger charge is -2.12.